The van der Waals surface area contributed by atoms with E-state index in [1.807, 2.05) is 4.90 Å². The Hall–Kier alpha value is -2.37. The number of nitrogens with zero attached hydrogens (tertiary/aromatic N) is 4. The number of ether oxygens (including phenoxy) is 2. The standard InChI is InChI=1S/C18H24N4O6S/c1-19-12-17(23)22(18(19)24)13-20-5-7-21(8-6-20)29(25,26)14-3-4-15-16(11-14)28-10-2-9-27-15/h3-4,11H,2,5-10,12-13H2,1H3. The highest BCUT2D eigenvalue weighted by molar-refractivity contribution is 7.89. The molecule has 2 fully saturated rings. The molecule has 3 heterocycles. The van der Waals surface area contributed by atoms with Crippen LogP contribution in [0.5, 0.6) is 11.5 Å². The molecule has 10 nitrogen and oxygen atoms in total. The van der Waals surface area contributed by atoms with Crippen molar-refractivity contribution in [1.82, 2.24) is 19.0 Å². The number of urea groups is 1. The summed E-state index contributed by atoms with van der Waals surface area (Å²) in [4.78, 5) is 28.6. The van der Waals surface area contributed by atoms with Gasteiger partial charge in [0.25, 0.3) is 5.91 Å². The Balaban J connectivity index is 1.41. The predicted molar refractivity (Wildman–Crippen MR) is 102 cm³/mol. The molecule has 158 valence electrons. The quantitative estimate of drug-likeness (QED) is 0.628. The molecule has 4 rings (SSSR count). The molecule has 11 heteroatoms. The van der Waals surface area contributed by atoms with Crippen LogP contribution in [0.1, 0.15) is 6.42 Å². The summed E-state index contributed by atoms with van der Waals surface area (Å²) in [5.41, 5.74) is 0. The predicted octanol–water partition coefficient (Wildman–Crippen LogP) is 0.00570. The lowest BCUT2D eigenvalue weighted by Gasteiger charge is -2.35. The average molecular weight is 424 g/mol. The number of hydrogen-bond donors (Lipinski definition) is 0. The molecule has 0 aromatic heterocycles. The van der Waals surface area contributed by atoms with Gasteiger partial charge in [0.05, 0.1) is 24.8 Å². The second-order valence-electron chi connectivity index (χ2n) is 7.28. The van der Waals surface area contributed by atoms with E-state index in [1.165, 1.54) is 26.2 Å². The molecule has 3 aliphatic rings. The zero-order chi connectivity index (χ0) is 20.6. The molecule has 0 spiro atoms. The molecule has 1 aromatic carbocycles. The fourth-order valence-corrected chi connectivity index (χ4v) is 5.01. The zero-order valence-electron chi connectivity index (χ0n) is 16.2. The Labute approximate surface area is 169 Å². The van der Waals surface area contributed by atoms with Crippen molar-refractivity contribution in [2.75, 3.05) is 59.7 Å². The van der Waals surface area contributed by atoms with Crippen molar-refractivity contribution in [1.29, 1.82) is 0 Å². The van der Waals surface area contributed by atoms with Crippen LogP contribution < -0.4 is 9.47 Å². The van der Waals surface area contributed by atoms with Crippen molar-refractivity contribution >= 4 is 22.0 Å². The third-order valence-corrected chi connectivity index (χ3v) is 7.16. The van der Waals surface area contributed by atoms with Gasteiger partial charge in [0.1, 0.15) is 6.54 Å². The lowest BCUT2D eigenvalue weighted by Crippen LogP contribution is -2.52. The number of carbonyl (C=O) groups excluding carboxylic acids is 2. The minimum absolute atomic E-state index is 0.0806. The second-order valence-corrected chi connectivity index (χ2v) is 9.22. The van der Waals surface area contributed by atoms with Gasteiger partial charge in [-0.05, 0) is 12.1 Å². The Morgan fingerprint density at radius 2 is 1.69 bits per heavy atom. The lowest BCUT2D eigenvalue weighted by atomic mass is 10.3. The maximum Gasteiger partial charge on any atom is 0.328 e. The Bertz CT molecular complexity index is 913. The van der Waals surface area contributed by atoms with E-state index < -0.39 is 10.0 Å². The smallest absolute Gasteiger partial charge is 0.328 e. The minimum atomic E-state index is -3.67. The summed E-state index contributed by atoms with van der Waals surface area (Å²) in [5, 5.41) is 0. The summed E-state index contributed by atoms with van der Waals surface area (Å²) < 4.78 is 38.7. The highest BCUT2D eigenvalue weighted by Crippen LogP contribution is 2.33. The average Bonchev–Trinajstić information content (AvgIpc) is 2.89. The summed E-state index contributed by atoms with van der Waals surface area (Å²) in [6.07, 6.45) is 0.747. The Morgan fingerprint density at radius 1 is 1.00 bits per heavy atom. The minimum Gasteiger partial charge on any atom is -0.490 e. The van der Waals surface area contributed by atoms with Gasteiger partial charge in [0.15, 0.2) is 11.5 Å². The van der Waals surface area contributed by atoms with Crippen LogP contribution in [0.4, 0.5) is 4.79 Å². The summed E-state index contributed by atoms with van der Waals surface area (Å²) >= 11 is 0. The van der Waals surface area contributed by atoms with Gasteiger partial charge in [-0.3, -0.25) is 9.69 Å². The first kappa shape index (κ1) is 19.9. The number of imide groups is 1. The van der Waals surface area contributed by atoms with Crippen LogP contribution in [-0.4, -0.2) is 99.0 Å². The summed E-state index contributed by atoms with van der Waals surface area (Å²) in [7, 11) is -2.09. The maximum absolute atomic E-state index is 13.0. The van der Waals surface area contributed by atoms with Gasteiger partial charge in [-0.1, -0.05) is 0 Å². The van der Waals surface area contributed by atoms with Crippen molar-refractivity contribution in [2.45, 2.75) is 11.3 Å². The molecule has 1 aromatic rings. The number of amides is 3. The molecule has 0 aliphatic carbocycles. The van der Waals surface area contributed by atoms with Crippen LogP contribution in [0.25, 0.3) is 0 Å². The summed E-state index contributed by atoms with van der Waals surface area (Å²) in [6.45, 7) is 2.72. The molecule has 29 heavy (non-hydrogen) atoms. The van der Waals surface area contributed by atoms with Crippen LogP contribution in [0.15, 0.2) is 23.1 Å². The van der Waals surface area contributed by atoms with E-state index in [-0.39, 0.29) is 43.1 Å². The van der Waals surface area contributed by atoms with Gasteiger partial charge in [-0.25, -0.2) is 18.1 Å². The van der Waals surface area contributed by atoms with E-state index in [1.54, 1.807) is 13.1 Å². The first-order chi connectivity index (χ1) is 13.9. The van der Waals surface area contributed by atoms with E-state index in [0.717, 1.165) is 6.42 Å². The van der Waals surface area contributed by atoms with Gasteiger partial charge in [-0.15, -0.1) is 0 Å². The van der Waals surface area contributed by atoms with Crippen molar-refractivity contribution in [2.24, 2.45) is 0 Å². The number of hydrogen-bond acceptors (Lipinski definition) is 7. The van der Waals surface area contributed by atoms with Gasteiger partial charge >= 0.3 is 6.03 Å². The number of sulfonamides is 1. The third-order valence-electron chi connectivity index (χ3n) is 5.26. The van der Waals surface area contributed by atoms with E-state index in [2.05, 4.69) is 0 Å². The molecule has 0 radical (unpaired) electrons. The largest absolute Gasteiger partial charge is 0.490 e. The number of benzene rings is 1. The second kappa shape index (κ2) is 7.81. The highest BCUT2D eigenvalue weighted by atomic mass is 32.2. The van der Waals surface area contributed by atoms with Crippen LogP contribution in [0.2, 0.25) is 0 Å². The van der Waals surface area contributed by atoms with Crippen molar-refractivity contribution in [3.63, 3.8) is 0 Å². The number of likely N-dealkylation sites (N-methyl/N-ethyl adjacent to an activating group) is 1. The van der Waals surface area contributed by atoms with E-state index in [4.69, 9.17) is 9.47 Å². The van der Waals surface area contributed by atoms with Crippen LogP contribution in [0, 0.1) is 0 Å². The van der Waals surface area contributed by atoms with Gasteiger partial charge in [0.2, 0.25) is 10.0 Å². The van der Waals surface area contributed by atoms with Gasteiger partial charge < -0.3 is 14.4 Å². The maximum atomic E-state index is 13.0. The lowest BCUT2D eigenvalue weighted by molar-refractivity contribution is -0.126. The van der Waals surface area contributed by atoms with Gasteiger partial charge in [0, 0.05) is 45.7 Å². The highest BCUT2D eigenvalue weighted by Gasteiger charge is 2.36. The zero-order valence-corrected chi connectivity index (χ0v) is 17.1. The Morgan fingerprint density at radius 3 is 2.34 bits per heavy atom. The van der Waals surface area contributed by atoms with Crippen LogP contribution in [-0.2, 0) is 14.8 Å². The molecular weight excluding hydrogens is 400 g/mol. The number of carbonyl (C=O) groups is 2. The van der Waals surface area contributed by atoms with Crippen molar-refractivity contribution in [3.05, 3.63) is 18.2 Å². The molecule has 0 N–H and O–H groups in total. The normalized spacial score (nSPS) is 21.6. The van der Waals surface area contributed by atoms with Crippen LogP contribution in [0.3, 0.4) is 0 Å². The molecule has 0 atom stereocenters. The topological polar surface area (TPSA) is 99.7 Å². The van der Waals surface area contributed by atoms with Crippen LogP contribution >= 0.6 is 0 Å². The molecular formula is C18H24N4O6S. The summed E-state index contributed by atoms with van der Waals surface area (Å²) in [6, 6.07) is 4.36. The van der Waals surface area contributed by atoms with Crippen molar-refractivity contribution in [3.8, 4) is 11.5 Å². The SMILES string of the molecule is CN1CC(=O)N(CN2CCN(S(=O)(=O)c3ccc4c(c3)OCCCO4)CC2)C1=O. The molecule has 0 bridgehead atoms. The summed E-state index contributed by atoms with van der Waals surface area (Å²) in [5.74, 6) is 0.758. The number of rotatable bonds is 4. The first-order valence-electron chi connectivity index (χ1n) is 9.54. The first-order valence-corrected chi connectivity index (χ1v) is 11.0. The third kappa shape index (κ3) is 3.89. The van der Waals surface area contributed by atoms with Gasteiger partial charge in [-0.2, -0.15) is 4.31 Å². The molecule has 2 saturated heterocycles. The van der Waals surface area contributed by atoms with E-state index in [9.17, 15) is 18.0 Å². The molecule has 0 saturated carbocycles. The molecule has 0 unspecified atom stereocenters. The monoisotopic (exact) mass is 424 g/mol. The van der Waals surface area contributed by atoms with Crippen molar-refractivity contribution < 1.29 is 27.5 Å². The fraction of sp³-hybridized carbons (Fsp3) is 0.556. The number of fused-ring (bicyclic) bond motifs is 1. The molecule has 3 amide bonds. The van der Waals surface area contributed by atoms with E-state index >= 15 is 0 Å². The number of piperazine rings is 1. The fourth-order valence-electron chi connectivity index (χ4n) is 3.57. The Kier molecular flexibility index (Phi) is 5.36. The van der Waals surface area contributed by atoms with E-state index in [0.29, 0.717) is 37.8 Å². The molecule has 3 aliphatic heterocycles.